The number of amides is 1. The predicted octanol–water partition coefficient (Wildman–Crippen LogP) is 2.46. The summed E-state index contributed by atoms with van der Waals surface area (Å²) in [4.78, 5) is 14.6. The summed E-state index contributed by atoms with van der Waals surface area (Å²) in [6, 6.07) is 4.90. The summed E-state index contributed by atoms with van der Waals surface area (Å²) < 4.78 is 57.7. The summed E-state index contributed by atoms with van der Waals surface area (Å²) in [6.45, 7) is 3.17. The normalized spacial score (nSPS) is 14.4. The van der Waals surface area contributed by atoms with Crippen molar-refractivity contribution in [3.63, 3.8) is 0 Å². The minimum Gasteiger partial charge on any atom is -0.371 e. The molecule has 1 aromatic carbocycles. The van der Waals surface area contributed by atoms with Gasteiger partial charge in [0.25, 0.3) is 5.91 Å². The number of nitrogens with zero attached hydrogens (tertiary/aromatic N) is 3. The van der Waals surface area contributed by atoms with Gasteiger partial charge in [0, 0.05) is 42.6 Å². The lowest BCUT2D eigenvalue weighted by Crippen LogP contribution is -2.40. The number of fused-ring (bicyclic) bond motifs is 1. The van der Waals surface area contributed by atoms with Gasteiger partial charge >= 0.3 is 10.2 Å². The number of rotatable bonds is 6. The first-order chi connectivity index (χ1) is 14.8. The molecule has 8 nitrogen and oxygen atoms in total. The average molecular weight is 449 g/mol. The first kappa shape index (κ1) is 21.2. The van der Waals surface area contributed by atoms with Gasteiger partial charge in [-0.1, -0.05) is 6.92 Å². The Labute approximate surface area is 178 Å². The molecule has 1 saturated heterocycles. The zero-order chi connectivity index (χ0) is 22.2. The monoisotopic (exact) mass is 449 g/mol. The van der Waals surface area contributed by atoms with Crippen LogP contribution in [0.3, 0.4) is 0 Å². The molecule has 11 heteroatoms. The van der Waals surface area contributed by atoms with Gasteiger partial charge in [0.05, 0.1) is 17.3 Å². The second-order valence-electron chi connectivity index (χ2n) is 7.21. The highest BCUT2D eigenvalue weighted by Gasteiger charge is 2.24. The standard InChI is InChI=1S/C20H21F2N5O3S/c1-2-24-31(29,30)25-20(28)15-11-23-27-12-16(14-9-13(21)5-6-17(14)22)18(10-19(15)27)26-7-3-4-8-26/h5-6,9-12,24H,2-4,7-8H2,1H3,(H,25,28). The lowest BCUT2D eigenvalue weighted by Gasteiger charge is -2.22. The minimum atomic E-state index is -4.00. The van der Waals surface area contributed by atoms with Crippen LogP contribution in [0.5, 0.6) is 0 Å². The average Bonchev–Trinajstić information content (AvgIpc) is 3.37. The van der Waals surface area contributed by atoms with Crippen LogP contribution in [-0.2, 0) is 10.2 Å². The van der Waals surface area contributed by atoms with Gasteiger partial charge in [-0.2, -0.15) is 18.2 Å². The summed E-state index contributed by atoms with van der Waals surface area (Å²) in [5.41, 5.74) is 1.54. The van der Waals surface area contributed by atoms with E-state index in [0.29, 0.717) is 16.8 Å². The molecule has 0 bridgehead atoms. The summed E-state index contributed by atoms with van der Waals surface area (Å²) in [5.74, 6) is -1.99. The third-order valence-corrected chi connectivity index (χ3v) is 6.23. The Morgan fingerprint density at radius 3 is 2.61 bits per heavy atom. The summed E-state index contributed by atoms with van der Waals surface area (Å²) >= 11 is 0. The number of halogens is 2. The van der Waals surface area contributed by atoms with E-state index in [4.69, 9.17) is 0 Å². The van der Waals surface area contributed by atoms with E-state index in [2.05, 4.69) is 9.82 Å². The van der Waals surface area contributed by atoms with Crippen molar-refractivity contribution >= 4 is 27.3 Å². The van der Waals surface area contributed by atoms with Gasteiger partial charge in [-0.3, -0.25) is 4.79 Å². The SMILES string of the molecule is CCNS(=O)(=O)NC(=O)c1cnn2cc(-c3cc(F)ccc3F)c(N3CCCC3)cc12. The van der Waals surface area contributed by atoms with Gasteiger partial charge in [-0.25, -0.2) is 18.0 Å². The molecule has 3 aromatic rings. The molecule has 31 heavy (non-hydrogen) atoms. The number of hydrogen-bond donors (Lipinski definition) is 2. The van der Waals surface area contributed by atoms with Crippen molar-refractivity contribution < 1.29 is 22.0 Å². The Kier molecular flexibility index (Phi) is 5.63. The predicted molar refractivity (Wildman–Crippen MR) is 112 cm³/mol. The minimum absolute atomic E-state index is 0.0492. The molecule has 0 aliphatic carbocycles. The Hall–Kier alpha value is -3.05. The summed E-state index contributed by atoms with van der Waals surface area (Å²) in [5, 5.41) is 4.13. The first-order valence-electron chi connectivity index (χ1n) is 9.82. The number of benzene rings is 1. The van der Waals surface area contributed by atoms with Crippen LogP contribution in [-0.4, -0.2) is 43.6 Å². The van der Waals surface area contributed by atoms with Crippen LogP contribution < -0.4 is 14.3 Å². The number of nitrogens with one attached hydrogen (secondary N) is 2. The van der Waals surface area contributed by atoms with Crippen molar-refractivity contribution in [1.29, 1.82) is 0 Å². The fourth-order valence-electron chi connectivity index (χ4n) is 3.72. The molecule has 1 fully saturated rings. The third-order valence-electron chi connectivity index (χ3n) is 5.11. The molecule has 0 spiro atoms. The smallest absolute Gasteiger partial charge is 0.301 e. The van der Waals surface area contributed by atoms with Crippen molar-refractivity contribution in [1.82, 2.24) is 19.1 Å². The van der Waals surface area contributed by atoms with Crippen LogP contribution in [0.4, 0.5) is 14.5 Å². The van der Waals surface area contributed by atoms with Gasteiger partial charge in [-0.15, -0.1) is 0 Å². The second-order valence-corrected chi connectivity index (χ2v) is 8.71. The molecule has 1 aliphatic rings. The molecular weight excluding hydrogens is 428 g/mol. The van der Waals surface area contributed by atoms with Gasteiger partial charge in [0.2, 0.25) is 0 Å². The molecule has 4 rings (SSSR count). The maximum Gasteiger partial charge on any atom is 0.301 e. The van der Waals surface area contributed by atoms with Crippen LogP contribution in [0.25, 0.3) is 16.6 Å². The lowest BCUT2D eigenvalue weighted by molar-refractivity contribution is 0.0982. The Bertz CT molecular complexity index is 1250. The van der Waals surface area contributed by atoms with E-state index in [9.17, 15) is 22.0 Å². The van der Waals surface area contributed by atoms with Crippen LogP contribution in [0.15, 0.2) is 36.7 Å². The number of anilines is 1. The number of pyridine rings is 1. The van der Waals surface area contributed by atoms with Crippen molar-refractivity contribution in [2.24, 2.45) is 0 Å². The maximum atomic E-state index is 14.6. The van der Waals surface area contributed by atoms with E-state index in [1.54, 1.807) is 13.0 Å². The molecule has 0 saturated carbocycles. The highest BCUT2D eigenvalue weighted by atomic mass is 32.2. The number of carbonyl (C=O) groups excluding carboxylic acids is 1. The topological polar surface area (TPSA) is 95.8 Å². The fourth-order valence-corrected chi connectivity index (χ4v) is 4.53. The van der Waals surface area contributed by atoms with E-state index in [0.717, 1.165) is 44.1 Å². The quantitative estimate of drug-likeness (QED) is 0.603. The molecule has 164 valence electrons. The zero-order valence-corrected chi connectivity index (χ0v) is 17.5. The molecule has 1 amide bonds. The molecule has 0 atom stereocenters. The Morgan fingerprint density at radius 2 is 1.90 bits per heavy atom. The molecular formula is C20H21F2N5O3S. The summed E-state index contributed by atoms with van der Waals surface area (Å²) in [7, 11) is -4.00. The van der Waals surface area contributed by atoms with Crippen molar-refractivity contribution in [3.05, 3.63) is 53.9 Å². The number of carbonyl (C=O) groups is 1. The highest BCUT2D eigenvalue weighted by Crippen LogP contribution is 2.36. The van der Waals surface area contributed by atoms with Gasteiger partial charge < -0.3 is 4.90 Å². The third kappa shape index (κ3) is 4.23. The van der Waals surface area contributed by atoms with Crippen LogP contribution in [0, 0.1) is 11.6 Å². The Balaban J connectivity index is 1.85. The molecule has 0 unspecified atom stereocenters. The largest absolute Gasteiger partial charge is 0.371 e. The fraction of sp³-hybridized carbons (Fsp3) is 0.300. The molecule has 0 radical (unpaired) electrons. The van der Waals surface area contributed by atoms with Crippen LogP contribution in [0.1, 0.15) is 30.1 Å². The summed E-state index contributed by atoms with van der Waals surface area (Å²) in [6.07, 6.45) is 4.66. The van der Waals surface area contributed by atoms with Crippen LogP contribution in [0.2, 0.25) is 0 Å². The van der Waals surface area contributed by atoms with Gasteiger partial charge in [-0.05, 0) is 37.1 Å². The van der Waals surface area contributed by atoms with Crippen molar-refractivity contribution in [3.8, 4) is 11.1 Å². The number of hydrogen-bond acceptors (Lipinski definition) is 5. The number of aromatic nitrogens is 2. The maximum absolute atomic E-state index is 14.6. The first-order valence-corrected chi connectivity index (χ1v) is 11.3. The van der Waals surface area contributed by atoms with E-state index in [1.165, 1.54) is 16.9 Å². The zero-order valence-electron chi connectivity index (χ0n) is 16.7. The van der Waals surface area contributed by atoms with Crippen LogP contribution >= 0.6 is 0 Å². The van der Waals surface area contributed by atoms with E-state index in [1.807, 2.05) is 9.62 Å². The second kappa shape index (κ2) is 8.23. The van der Waals surface area contributed by atoms with Crippen molar-refractivity contribution in [2.45, 2.75) is 19.8 Å². The van der Waals surface area contributed by atoms with E-state index < -0.39 is 27.8 Å². The molecule has 1 aliphatic heterocycles. The van der Waals surface area contributed by atoms with Gasteiger partial charge in [0.15, 0.2) is 0 Å². The van der Waals surface area contributed by atoms with E-state index in [-0.39, 0.29) is 17.7 Å². The Morgan fingerprint density at radius 1 is 1.16 bits per heavy atom. The van der Waals surface area contributed by atoms with E-state index >= 15 is 0 Å². The van der Waals surface area contributed by atoms with Crippen molar-refractivity contribution in [2.75, 3.05) is 24.5 Å². The molecule has 2 N–H and O–H groups in total. The highest BCUT2D eigenvalue weighted by molar-refractivity contribution is 7.88. The molecule has 2 aromatic heterocycles. The molecule has 3 heterocycles. The lowest BCUT2D eigenvalue weighted by atomic mass is 10.0. The van der Waals surface area contributed by atoms with Gasteiger partial charge in [0.1, 0.15) is 11.6 Å².